The van der Waals surface area contributed by atoms with Gasteiger partial charge in [-0.3, -0.25) is 4.79 Å². The molecule has 28 heavy (non-hydrogen) atoms. The van der Waals surface area contributed by atoms with Gasteiger partial charge in [0.25, 0.3) is 5.91 Å². The molecule has 1 aliphatic rings. The first-order chi connectivity index (χ1) is 13.1. The van der Waals surface area contributed by atoms with Crippen molar-refractivity contribution in [2.75, 3.05) is 12.4 Å². The topological polar surface area (TPSA) is 76.1 Å². The number of amides is 1. The van der Waals surface area contributed by atoms with Crippen molar-refractivity contribution in [2.24, 2.45) is 5.41 Å². The summed E-state index contributed by atoms with van der Waals surface area (Å²) in [6, 6.07) is 5.23. The van der Waals surface area contributed by atoms with Crippen LogP contribution in [0.3, 0.4) is 0 Å². The van der Waals surface area contributed by atoms with Gasteiger partial charge < -0.3 is 15.4 Å². The highest BCUT2D eigenvalue weighted by atomic mass is 19.1. The van der Waals surface area contributed by atoms with Crippen LogP contribution >= 0.6 is 0 Å². The summed E-state index contributed by atoms with van der Waals surface area (Å²) in [5.74, 6) is -1.67. The van der Waals surface area contributed by atoms with Crippen LogP contribution in [0.4, 0.5) is 20.3 Å². The van der Waals surface area contributed by atoms with Gasteiger partial charge in [0.15, 0.2) is 5.69 Å². The highest BCUT2D eigenvalue weighted by molar-refractivity contribution is 5.96. The molecule has 0 radical (unpaired) electrons. The van der Waals surface area contributed by atoms with Crippen molar-refractivity contribution in [3.05, 3.63) is 41.9 Å². The average molecular weight is 390 g/mol. The highest BCUT2D eigenvalue weighted by Crippen LogP contribution is 2.45. The first-order valence-corrected chi connectivity index (χ1v) is 9.11. The molecular formula is C20H24F2N4O2. The Kier molecular flexibility index (Phi) is 5.23. The second-order valence-electron chi connectivity index (χ2n) is 8.01. The molecule has 2 N–H and O–H groups in total. The minimum atomic E-state index is -0.953. The summed E-state index contributed by atoms with van der Waals surface area (Å²) in [6.45, 7) is 6.30. The Morgan fingerprint density at radius 2 is 1.79 bits per heavy atom. The molecule has 0 bridgehead atoms. The number of rotatable bonds is 5. The summed E-state index contributed by atoms with van der Waals surface area (Å²) in [4.78, 5) is 20.3. The molecule has 0 aliphatic heterocycles. The Hall–Kier alpha value is -2.77. The number of halogens is 2. The van der Waals surface area contributed by atoms with E-state index in [-0.39, 0.29) is 34.1 Å². The molecule has 8 heteroatoms. The molecule has 3 rings (SSSR count). The van der Waals surface area contributed by atoms with Gasteiger partial charge in [0.05, 0.1) is 7.11 Å². The maximum Gasteiger partial charge on any atom is 0.274 e. The van der Waals surface area contributed by atoms with Crippen molar-refractivity contribution in [1.82, 2.24) is 15.3 Å². The maximum absolute atomic E-state index is 13.3. The minimum Gasteiger partial charge on any atom is -0.494 e. The van der Waals surface area contributed by atoms with Crippen molar-refractivity contribution >= 4 is 17.4 Å². The third-order valence-corrected chi connectivity index (χ3v) is 5.32. The number of hydrogen-bond donors (Lipinski definition) is 2. The second kappa shape index (κ2) is 7.33. The zero-order valence-corrected chi connectivity index (χ0v) is 16.4. The molecule has 1 aliphatic carbocycles. The Bertz CT molecular complexity index is 872. The normalized spacial score (nSPS) is 15.5. The number of pyridine rings is 2. The third-order valence-electron chi connectivity index (χ3n) is 5.32. The van der Waals surface area contributed by atoms with Crippen molar-refractivity contribution in [2.45, 2.75) is 45.6 Å². The molecule has 0 unspecified atom stereocenters. The number of anilines is 2. The molecule has 0 saturated heterocycles. The lowest BCUT2D eigenvalue weighted by molar-refractivity contribution is 0.0414. The summed E-state index contributed by atoms with van der Waals surface area (Å²) in [5.41, 5.74) is -0.148. The Morgan fingerprint density at radius 3 is 2.29 bits per heavy atom. The number of nitrogens with one attached hydrogen (secondary N) is 2. The first-order valence-electron chi connectivity index (χ1n) is 9.11. The van der Waals surface area contributed by atoms with E-state index < -0.39 is 11.9 Å². The van der Waals surface area contributed by atoms with Crippen LogP contribution < -0.4 is 15.4 Å². The number of methoxy groups -OCH3 is 1. The summed E-state index contributed by atoms with van der Waals surface area (Å²) in [7, 11) is 1.46. The number of ether oxygens (including phenoxy) is 1. The molecule has 2 aromatic heterocycles. The molecule has 1 amide bonds. The zero-order chi connectivity index (χ0) is 20.5. The molecule has 2 aromatic rings. The van der Waals surface area contributed by atoms with Gasteiger partial charge in [0.1, 0.15) is 11.6 Å². The fourth-order valence-corrected chi connectivity index (χ4v) is 3.40. The quantitative estimate of drug-likeness (QED) is 0.748. The van der Waals surface area contributed by atoms with Crippen molar-refractivity contribution < 1.29 is 18.3 Å². The molecular weight excluding hydrogens is 366 g/mol. The van der Waals surface area contributed by atoms with Gasteiger partial charge in [-0.2, -0.15) is 13.8 Å². The SMILES string of the molecule is COc1ccc(Nc2cc(F)nc(F)c2)nc1C(=O)NC1(C(C)(C)C)CCC1. The monoisotopic (exact) mass is 390 g/mol. The van der Waals surface area contributed by atoms with E-state index in [1.54, 1.807) is 12.1 Å². The Morgan fingerprint density at radius 1 is 1.14 bits per heavy atom. The second-order valence-corrected chi connectivity index (χ2v) is 8.01. The van der Waals surface area contributed by atoms with Gasteiger partial charge in [-0.15, -0.1) is 0 Å². The molecule has 150 valence electrons. The molecule has 0 atom stereocenters. The fourth-order valence-electron chi connectivity index (χ4n) is 3.40. The van der Waals surface area contributed by atoms with E-state index >= 15 is 0 Å². The van der Waals surface area contributed by atoms with Gasteiger partial charge in [0.2, 0.25) is 11.9 Å². The van der Waals surface area contributed by atoms with E-state index in [9.17, 15) is 13.6 Å². The summed E-state index contributed by atoms with van der Waals surface area (Å²) < 4.78 is 31.9. The number of nitrogens with zero attached hydrogens (tertiary/aromatic N) is 2. The minimum absolute atomic E-state index is 0.101. The summed E-state index contributed by atoms with van der Waals surface area (Å²) in [5, 5.41) is 5.92. The van der Waals surface area contributed by atoms with Crippen molar-refractivity contribution in [3.63, 3.8) is 0 Å². The van der Waals surface area contributed by atoms with Crippen LogP contribution in [0, 0.1) is 17.3 Å². The van der Waals surface area contributed by atoms with Crippen LogP contribution in [0.1, 0.15) is 50.5 Å². The van der Waals surface area contributed by atoms with Gasteiger partial charge in [0, 0.05) is 23.4 Å². The van der Waals surface area contributed by atoms with E-state index in [2.05, 4.69) is 41.4 Å². The van der Waals surface area contributed by atoms with Crippen molar-refractivity contribution in [3.8, 4) is 5.75 Å². The van der Waals surface area contributed by atoms with Gasteiger partial charge in [-0.1, -0.05) is 20.8 Å². The average Bonchev–Trinajstić information content (AvgIpc) is 2.55. The maximum atomic E-state index is 13.3. The van der Waals surface area contributed by atoms with E-state index in [1.165, 1.54) is 7.11 Å². The van der Waals surface area contributed by atoms with Crippen LogP contribution in [0.25, 0.3) is 0 Å². The van der Waals surface area contributed by atoms with Crippen LogP contribution in [-0.4, -0.2) is 28.5 Å². The lowest BCUT2D eigenvalue weighted by atomic mass is 9.61. The van der Waals surface area contributed by atoms with Crippen LogP contribution in [0.15, 0.2) is 24.3 Å². The van der Waals surface area contributed by atoms with Crippen LogP contribution in [-0.2, 0) is 0 Å². The molecule has 6 nitrogen and oxygen atoms in total. The first kappa shape index (κ1) is 20.0. The largest absolute Gasteiger partial charge is 0.494 e. The van der Waals surface area contributed by atoms with Crippen molar-refractivity contribution in [1.29, 1.82) is 0 Å². The fraction of sp³-hybridized carbons (Fsp3) is 0.450. The van der Waals surface area contributed by atoms with Crippen LogP contribution in [0.5, 0.6) is 5.75 Å². The molecule has 0 aromatic carbocycles. The Balaban J connectivity index is 1.87. The van der Waals surface area contributed by atoms with Crippen LogP contribution in [0.2, 0.25) is 0 Å². The summed E-state index contributed by atoms with van der Waals surface area (Å²) in [6.07, 6.45) is 2.86. The molecule has 0 spiro atoms. The zero-order valence-electron chi connectivity index (χ0n) is 16.4. The van der Waals surface area contributed by atoms with Gasteiger partial charge in [-0.25, -0.2) is 4.98 Å². The number of aromatic nitrogens is 2. The Labute approximate surface area is 162 Å². The lowest BCUT2D eigenvalue weighted by Crippen LogP contribution is -2.61. The number of carbonyl (C=O) groups is 1. The lowest BCUT2D eigenvalue weighted by Gasteiger charge is -2.52. The van der Waals surface area contributed by atoms with Gasteiger partial charge >= 0.3 is 0 Å². The van der Waals surface area contributed by atoms with E-state index in [4.69, 9.17) is 4.74 Å². The smallest absolute Gasteiger partial charge is 0.274 e. The third kappa shape index (κ3) is 3.90. The molecule has 2 heterocycles. The number of carbonyl (C=O) groups excluding carboxylic acids is 1. The van der Waals surface area contributed by atoms with E-state index in [0.29, 0.717) is 5.75 Å². The number of hydrogen-bond acceptors (Lipinski definition) is 5. The molecule has 1 saturated carbocycles. The highest BCUT2D eigenvalue weighted by Gasteiger charge is 2.48. The van der Waals surface area contributed by atoms with Gasteiger partial charge in [-0.05, 0) is 36.8 Å². The standard InChI is InChI=1S/C20H24F2N4O2/c1-19(2,3)20(8-5-9-20)26-18(27)17-13(28-4)6-7-16(25-17)23-12-10-14(21)24-15(22)11-12/h6-7,10-11H,5,8-9H2,1-4H3,(H,26,27)(H,23,24,25). The van der Waals surface area contributed by atoms with E-state index in [1.807, 2.05) is 0 Å². The molecule has 1 fully saturated rings. The predicted octanol–water partition coefficient (Wildman–Crippen LogP) is 4.21. The predicted molar refractivity (Wildman–Crippen MR) is 102 cm³/mol. The van der Waals surface area contributed by atoms with E-state index in [0.717, 1.165) is 31.4 Å². The summed E-state index contributed by atoms with van der Waals surface area (Å²) >= 11 is 0.